The van der Waals surface area contributed by atoms with Crippen LogP contribution in [0.3, 0.4) is 0 Å². The molecule has 0 aromatic heterocycles. The van der Waals surface area contributed by atoms with Crippen molar-refractivity contribution in [1.82, 2.24) is 0 Å². The molecule has 6 N–H and O–H groups in total. The molecule has 2 fully saturated rings. The van der Waals surface area contributed by atoms with Crippen LogP contribution in [-0.4, -0.2) is 36.5 Å². The van der Waals surface area contributed by atoms with E-state index in [2.05, 4.69) is 0 Å². The molecule has 0 spiro atoms. The van der Waals surface area contributed by atoms with Crippen molar-refractivity contribution in [3.05, 3.63) is 0 Å². The van der Waals surface area contributed by atoms with E-state index in [-0.39, 0.29) is 24.8 Å². The topological polar surface area (TPSA) is 92.5 Å². The summed E-state index contributed by atoms with van der Waals surface area (Å²) >= 11 is 0. The average molecular weight is 359 g/mol. The lowest BCUT2D eigenvalue weighted by Gasteiger charge is -2.25. The zero-order chi connectivity index (χ0) is 14.8. The van der Waals surface area contributed by atoms with Gasteiger partial charge in [0.05, 0.1) is 0 Å². The number of aliphatic hydroxyl groups is 2. The van der Waals surface area contributed by atoms with Crippen LogP contribution in [0.15, 0.2) is 0 Å². The highest BCUT2D eigenvalue weighted by molar-refractivity contribution is 5.85. The fourth-order valence-electron chi connectivity index (χ4n) is 3.30. The Bertz CT molecular complexity index is 184. The third kappa shape index (κ3) is 9.53. The Hall–Kier alpha value is 0.420. The molecule has 2 aliphatic carbocycles. The number of rotatable bonds is 4. The Morgan fingerprint density at radius 2 is 0.773 bits per heavy atom. The van der Waals surface area contributed by atoms with Crippen molar-refractivity contribution >= 4 is 24.8 Å². The summed E-state index contributed by atoms with van der Waals surface area (Å²) in [4.78, 5) is 0. The van der Waals surface area contributed by atoms with Crippen molar-refractivity contribution in [2.45, 2.75) is 51.4 Å². The number of halogens is 2. The van der Waals surface area contributed by atoms with Crippen molar-refractivity contribution in [3.63, 3.8) is 0 Å². The third-order valence-corrected chi connectivity index (χ3v) is 5.12. The molecule has 2 aliphatic rings. The van der Waals surface area contributed by atoms with Gasteiger partial charge in [-0.25, -0.2) is 0 Å². The van der Waals surface area contributed by atoms with Gasteiger partial charge in [0.1, 0.15) is 0 Å². The van der Waals surface area contributed by atoms with E-state index in [4.69, 9.17) is 21.7 Å². The van der Waals surface area contributed by atoms with Gasteiger partial charge in [-0.15, -0.1) is 24.8 Å². The second kappa shape index (κ2) is 15.0. The Kier molecular flexibility index (Phi) is 16.8. The normalized spacial score (nSPS) is 31.1. The minimum atomic E-state index is 0. The summed E-state index contributed by atoms with van der Waals surface area (Å²) in [6.07, 6.45) is 9.61. The molecule has 0 aliphatic heterocycles. The third-order valence-electron chi connectivity index (χ3n) is 5.12. The van der Waals surface area contributed by atoms with Gasteiger partial charge in [-0.2, -0.15) is 0 Å². The van der Waals surface area contributed by atoms with Crippen LogP contribution in [0.2, 0.25) is 0 Å². The quantitative estimate of drug-likeness (QED) is 0.620. The first-order valence-corrected chi connectivity index (χ1v) is 8.35. The van der Waals surface area contributed by atoms with Gasteiger partial charge in [-0.05, 0) is 88.1 Å². The van der Waals surface area contributed by atoms with Crippen molar-refractivity contribution in [3.8, 4) is 0 Å². The summed E-state index contributed by atoms with van der Waals surface area (Å²) in [5, 5.41) is 17.6. The fraction of sp³-hybridized carbons (Fsp3) is 1.00. The molecule has 0 aromatic carbocycles. The molecule has 0 bridgehead atoms. The number of hydrogen-bond acceptors (Lipinski definition) is 4. The van der Waals surface area contributed by atoms with E-state index < -0.39 is 0 Å². The Labute approximate surface area is 148 Å². The van der Waals surface area contributed by atoms with Crippen LogP contribution in [-0.2, 0) is 0 Å². The number of aliphatic hydroxyl groups excluding tert-OH is 2. The zero-order valence-corrected chi connectivity index (χ0v) is 15.3. The van der Waals surface area contributed by atoms with Crippen LogP contribution in [0.25, 0.3) is 0 Å². The maximum Gasteiger partial charge on any atom is 0.0459 e. The Balaban J connectivity index is 0. The molecule has 2 rings (SSSR count). The molecule has 0 amide bonds. The van der Waals surface area contributed by atoms with Crippen LogP contribution in [0.5, 0.6) is 0 Å². The first-order chi connectivity index (χ1) is 9.73. The molecule has 0 radical (unpaired) electrons. The van der Waals surface area contributed by atoms with Crippen LogP contribution < -0.4 is 11.5 Å². The molecule has 0 heterocycles. The summed E-state index contributed by atoms with van der Waals surface area (Å²) in [7, 11) is 0. The van der Waals surface area contributed by atoms with Crippen LogP contribution >= 0.6 is 24.8 Å². The van der Waals surface area contributed by atoms with E-state index in [1.54, 1.807) is 0 Å². The first-order valence-electron chi connectivity index (χ1n) is 8.35. The van der Waals surface area contributed by atoms with Gasteiger partial charge in [-0.3, -0.25) is 0 Å². The smallest absolute Gasteiger partial charge is 0.0459 e. The predicted molar refractivity (Wildman–Crippen MR) is 97.7 cm³/mol. The average Bonchev–Trinajstić information content (AvgIpc) is 2.55. The largest absolute Gasteiger partial charge is 0.396 e. The van der Waals surface area contributed by atoms with E-state index in [1.807, 2.05) is 0 Å². The summed E-state index contributed by atoms with van der Waals surface area (Å²) in [5.74, 6) is 2.62. The van der Waals surface area contributed by atoms with Crippen molar-refractivity contribution in [2.24, 2.45) is 35.1 Å². The molecule has 0 saturated heterocycles. The van der Waals surface area contributed by atoms with Crippen molar-refractivity contribution < 1.29 is 10.2 Å². The standard InChI is InChI=1S/2C8H17NO.2ClH/c2*9-5-7-1-3-8(6-10)4-2-7;;/h2*7-8,10H,1-6,9H2;2*1H. The minimum Gasteiger partial charge on any atom is -0.396 e. The molecule has 0 aromatic rings. The summed E-state index contributed by atoms with van der Waals surface area (Å²) in [6, 6.07) is 0. The summed E-state index contributed by atoms with van der Waals surface area (Å²) in [6.45, 7) is 2.41. The van der Waals surface area contributed by atoms with Gasteiger partial charge >= 0.3 is 0 Å². The predicted octanol–water partition coefficient (Wildman–Crippen LogP) is 2.33. The van der Waals surface area contributed by atoms with E-state index in [0.717, 1.165) is 24.9 Å². The Morgan fingerprint density at radius 3 is 0.955 bits per heavy atom. The van der Waals surface area contributed by atoms with Gasteiger partial charge in [0.15, 0.2) is 0 Å². The van der Waals surface area contributed by atoms with Crippen molar-refractivity contribution in [1.29, 1.82) is 0 Å². The molecule has 0 unspecified atom stereocenters. The molecular weight excluding hydrogens is 323 g/mol. The van der Waals surface area contributed by atoms with Gasteiger partial charge in [0.25, 0.3) is 0 Å². The van der Waals surface area contributed by atoms with Crippen LogP contribution in [0, 0.1) is 23.7 Å². The lowest BCUT2D eigenvalue weighted by Crippen LogP contribution is -2.22. The maximum absolute atomic E-state index is 8.82. The second-order valence-electron chi connectivity index (χ2n) is 6.61. The molecule has 136 valence electrons. The van der Waals surface area contributed by atoms with Crippen LogP contribution in [0.4, 0.5) is 0 Å². The molecule has 2 saturated carbocycles. The van der Waals surface area contributed by atoms with Gasteiger partial charge < -0.3 is 21.7 Å². The van der Waals surface area contributed by atoms with Gasteiger partial charge in [0, 0.05) is 13.2 Å². The van der Waals surface area contributed by atoms with Crippen LogP contribution in [0.1, 0.15) is 51.4 Å². The first kappa shape index (κ1) is 24.7. The van der Waals surface area contributed by atoms with E-state index >= 15 is 0 Å². The highest BCUT2D eigenvalue weighted by Crippen LogP contribution is 2.28. The molecule has 0 atom stereocenters. The van der Waals surface area contributed by atoms with E-state index in [1.165, 1.54) is 51.4 Å². The Morgan fingerprint density at radius 1 is 0.545 bits per heavy atom. The lowest BCUT2D eigenvalue weighted by molar-refractivity contribution is 0.169. The lowest BCUT2D eigenvalue weighted by atomic mass is 9.82. The van der Waals surface area contributed by atoms with Gasteiger partial charge in [0.2, 0.25) is 0 Å². The second-order valence-corrected chi connectivity index (χ2v) is 6.61. The maximum atomic E-state index is 8.82. The number of nitrogens with two attached hydrogens (primary N) is 2. The van der Waals surface area contributed by atoms with Crippen molar-refractivity contribution in [2.75, 3.05) is 26.3 Å². The molecule has 4 nitrogen and oxygen atoms in total. The fourth-order valence-corrected chi connectivity index (χ4v) is 3.30. The highest BCUT2D eigenvalue weighted by Gasteiger charge is 2.19. The molecular formula is C16H36Cl2N2O2. The summed E-state index contributed by atoms with van der Waals surface area (Å²) < 4.78 is 0. The summed E-state index contributed by atoms with van der Waals surface area (Å²) in [5.41, 5.74) is 11.1. The van der Waals surface area contributed by atoms with Gasteiger partial charge in [-0.1, -0.05) is 0 Å². The van der Waals surface area contributed by atoms with E-state index in [0.29, 0.717) is 25.0 Å². The minimum absolute atomic E-state index is 0. The highest BCUT2D eigenvalue weighted by atomic mass is 35.5. The number of hydrogen-bond donors (Lipinski definition) is 4. The molecule has 6 heteroatoms. The SMILES string of the molecule is Cl.Cl.NCC1CCC(CO)CC1.NCC1CCC(CO)CC1. The monoisotopic (exact) mass is 358 g/mol. The zero-order valence-electron chi connectivity index (χ0n) is 13.7. The van der Waals surface area contributed by atoms with E-state index in [9.17, 15) is 0 Å². The molecule has 22 heavy (non-hydrogen) atoms.